The molecule has 2 aliphatic carbocycles. The number of aromatic nitrogens is 2. The van der Waals surface area contributed by atoms with Crippen molar-refractivity contribution in [3.63, 3.8) is 0 Å². The molecule has 1 saturated heterocycles. The number of aryl methyl sites for hydroxylation is 4. The van der Waals surface area contributed by atoms with E-state index in [9.17, 15) is 19.2 Å². The number of benzene rings is 4. The molecular weight excluding hydrogens is 949 g/mol. The Kier molecular flexibility index (Phi) is 16.8. The number of rotatable bonds is 17. The van der Waals surface area contributed by atoms with Gasteiger partial charge in [-0.05, 0) is 191 Å². The van der Waals surface area contributed by atoms with Crippen molar-refractivity contribution in [2.75, 3.05) is 57.7 Å². The number of morpholine rings is 1. The Hall–Kier alpha value is -6.80. The molecule has 5 N–H and O–H groups in total. The van der Waals surface area contributed by atoms with E-state index in [1.54, 1.807) is 0 Å². The molecule has 2 unspecified atom stereocenters. The third-order valence-electron chi connectivity index (χ3n) is 16.4. The molecule has 76 heavy (non-hydrogen) atoms. The van der Waals surface area contributed by atoms with E-state index in [1.807, 2.05) is 58.9 Å². The Labute approximate surface area is 448 Å². The first-order valence-electron chi connectivity index (χ1n) is 27.4. The van der Waals surface area contributed by atoms with Crippen LogP contribution in [0.4, 0.5) is 11.4 Å². The first-order valence-corrected chi connectivity index (χ1v) is 27.4. The van der Waals surface area contributed by atoms with Crippen LogP contribution in [0.5, 0.6) is 0 Å². The van der Waals surface area contributed by atoms with E-state index >= 15 is 0 Å². The van der Waals surface area contributed by atoms with Crippen LogP contribution in [0.25, 0.3) is 22.3 Å². The zero-order chi connectivity index (χ0) is 53.8. The number of ether oxygens (including phenoxy) is 1. The Bertz CT molecular complexity index is 3220. The predicted octanol–water partition coefficient (Wildman–Crippen LogP) is 10.1. The summed E-state index contributed by atoms with van der Waals surface area (Å²) in [6, 6.07) is 28.4. The fourth-order valence-corrected chi connectivity index (χ4v) is 12.0. The van der Waals surface area contributed by atoms with E-state index in [0.29, 0.717) is 41.5 Å². The van der Waals surface area contributed by atoms with Gasteiger partial charge in [-0.1, -0.05) is 55.3 Å². The van der Waals surface area contributed by atoms with Gasteiger partial charge in [0.1, 0.15) is 0 Å². The lowest BCUT2D eigenvalue weighted by atomic mass is 9.88. The maximum Gasteiger partial charge on any atom is 0.253 e. The van der Waals surface area contributed by atoms with E-state index in [1.165, 1.54) is 29.5 Å². The van der Waals surface area contributed by atoms with Crippen molar-refractivity contribution < 1.29 is 14.3 Å². The first kappa shape index (κ1) is 54.0. The number of anilines is 2. The van der Waals surface area contributed by atoms with Gasteiger partial charge in [0.05, 0.1) is 13.2 Å². The van der Waals surface area contributed by atoms with Gasteiger partial charge in [-0.3, -0.25) is 24.1 Å². The van der Waals surface area contributed by atoms with E-state index < -0.39 is 0 Å². The molecule has 13 nitrogen and oxygen atoms in total. The van der Waals surface area contributed by atoms with Crippen molar-refractivity contribution in [1.82, 2.24) is 30.4 Å². The highest BCUT2D eigenvalue weighted by Gasteiger charge is 2.31. The number of amides is 2. The second kappa shape index (κ2) is 23.6. The summed E-state index contributed by atoms with van der Waals surface area (Å²) in [5.74, 6) is -0.179. The standard InChI is InChI=1S/C63H78N8O5/c1-38-26-40(3)66-62(74)56(38)34-64-60(72)53-30-49(45-16-14-44(15-17-45)36-69(7)8)32-58(42(53)5)68-51-21-20-47(28-51)55-29-46(18-19-48(55)37-71-22-24-76-25-23-71)50-31-54(43(6)59(33-50)70(9)52-12-10-11-13-52)61(73)65-35-57-39(2)27-41(4)67-63(57)75/h14-19,26-27,29-33,47,51-52,68H,10-13,20-25,28,34-37H2,1-9H3,(H,64,72)(H,65,73)(H,66,74)(H,67,75). The van der Waals surface area contributed by atoms with Crippen LogP contribution in [0.2, 0.25) is 0 Å². The minimum Gasteiger partial charge on any atom is -0.382 e. The van der Waals surface area contributed by atoms with E-state index in [0.717, 1.165) is 126 Å². The molecule has 2 saturated carbocycles. The lowest BCUT2D eigenvalue weighted by Gasteiger charge is -2.30. The highest BCUT2D eigenvalue weighted by molar-refractivity contribution is 6.00. The average Bonchev–Trinajstić information content (AvgIpc) is 4.10. The highest BCUT2D eigenvalue weighted by Crippen LogP contribution is 2.42. The third-order valence-corrected chi connectivity index (χ3v) is 16.4. The van der Waals surface area contributed by atoms with Crippen LogP contribution in [0.15, 0.2) is 88.5 Å². The van der Waals surface area contributed by atoms with Crippen LogP contribution in [0.3, 0.4) is 0 Å². The van der Waals surface area contributed by atoms with E-state index in [-0.39, 0.29) is 48.0 Å². The smallest absolute Gasteiger partial charge is 0.253 e. The number of hydrogen-bond donors (Lipinski definition) is 5. The number of H-pyrrole nitrogens is 2. The topological polar surface area (TPSA) is 155 Å². The van der Waals surface area contributed by atoms with Crippen molar-refractivity contribution in [2.45, 2.75) is 131 Å². The van der Waals surface area contributed by atoms with Crippen molar-refractivity contribution in [3.8, 4) is 22.3 Å². The number of carbonyl (C=O) groups excluding carboxylic acids is 2. The zero-order valence-corrected chi connectivity index (χ0v) is 46.2. The second-order valence-corrected chi connectivity index (χ2v) is 22.3. The Morgan fingerprint density at radius 1 is 0.658 bits per heavy atom. The average molecular weight is 1030 g/mol. The quantitative estimate of drug-likeness (QED) is 0.0601. The summed E-state index contributed by atoms with van der Waals surface area (Å²) < 4.78 is 5.77. The summed E-state index contributed by atoms with van der Waals surface area (Å²) >= 11 is 0. The fraction of sp³-hybridized carbons (Fsp3) is 0.429. The zero-order valence-electron chi connectivity index (χ0n) is 46.2. The number of aromatic amines is 2. The van der Waals surface area contributed by atoms with Crippen molar-refractivity contribution in [2.24, 2.45) is 0 Å². The Morgan fingerprint density at radius 3 is 1.83 bits per heavy atom. The normalized spacial score (nSPS) is 17.1. The van der Waals surface area contributed by atoms with Crippen LogP contribution in [-0.4, -0.2) is 91.1 Å². The molecule has 2 atom stereocenters. The monoisotopic (exact) mass is 1030 g/mol. The number of carbonyl (C=O) groups is 2. The molecule has 1 aliphatic heterocycles. The first-order chi connectivity index (χ1) is 36.5. The minimum absolute atomic E-state index is 0.119. The van der Waals surface area contributed by atoms with Gasteiger partial charge in [-0.15, -0.1) is 0 Å². The molecule has 0 bridgehead atoms. The maximum absolute atomic E-state index is 14.4. The molecule has 0 spiro atoms. The van der Waals surface area contributed by atoms with Gasteiger partial charge < -0.3 is 40.5 Å². The van der Waals surface area contributed by atoms with Crippen LogP contribution in [0.1, 0.15) is 133 Å². The molecule has 2 aromatic heterocycles. The van der Waals surface area contributed by atoms with Crippen molar-refractivity contribution in [1.29, 1.82) is 0 Å². The van der Waals surface area contributed by atoms with Crippen LogP contribution >= 0.6 is 0 Å². The Morgan fingerprint density at radius 2 is 1.24 bits per heavy atom. The fourth-order valence-electron chi connectivity index (χ4n) is 12.0. The molecular formula is C63H78N8O5. The second-order valence-electron chi connectivity index (χ2n) is 22.3. The van der Waals surface area contributed by atoms with Crippen molar-refractivity contribution >= 4 is 23.2 Å². The van der Waals surface area contributed by atoms with Gasteiger partial charge in [0.15, 0.2) is 0 Å². The van der Waals surface area contributed by atoms with Gasteiger partial charge in [-0.2, -0.15) is 0 Å². The summed E-state index contributed by atoms with van der Waals surface area (Å²) in [6.45, 7) is 16.7. The molecule has 3 heterocycles. The predicted molar refractivity (Wildman–Crippen MR) is 307 cm³/mol. The molecule has 9 rings (SSSR count). The van der Waals surface area contributed by atoms with Crippen LogP contribution < -0.4 is 32.0 Å². The van der Waals surface area contributed by atoms with Gasteiger partial charge in [0, 0.05) is 103 Å². The number of nitrogens with zero attached hydrogens (tertiary/aromatic N) is 3. The van der Waals surface area contributed by atoms with E-state index in [2.05, 4.69) is 123 Å². The lowest BCUT2D eigenvalue weighted by Crippen LogP contribution is -2.36. The molecule has 3 fully saturated rings. The number of pyridine rings is 2. The SMILES string of the molecule is Cc1cc(C)c(CNC(=O)c2cc(-c3ccc(CN(C)C)cc3)cc(NC3CCC(c4cc(-c5cc(C(=O)NCc6c(C)cc(C)[nH]c6=O)c(C)c(N(C)C6CCCC6)c5)ccc4CN4CCOCC4)C3)c2C)c(=O)[nH]1. The molecule has 2 amide bonds. The molecule has 4 aromatic carbocycles. The van der Waals surface area contributed by atoms with Crippen LogP contribution in [0, 0.1) is 41.5 Å². The highest BCUT2D eigenvalue weighted by atomic mass is 16.5. The van der Waals surface area contributed by atoms with E-state index in [4.69, 9.17) is 4.74 Å². The molecule has 13 heteroatoms. The molecule has 6 aromatic rings. The number of hydrogen-bond acceptors (Lipinski definition) is 9. The molecule has 400 valence electrons. The molecule has 3 aliphatic rings. The Balaban J connectivity index is 1.04. The summed E-state index contributed by atoms with van der Waals surface area (Å²) in [4.78, 5) is 67.5. The third kappa shape index (κ3) is 12.4. The van der Waals surface area contributed by atoms with Gasteiger partial charge in [0.2, 0.25) is 0 Å². The summed E-state index contributed by atoms with van der Waals surface area (Å²) in [5, 5.41) is 10.2. The van der Waals surface area contributed by atoms with Crippen molar-refractivity contribution in [3.05, 3.63) is 172 Å². The largest absolute Gasteiger partial charge is 0.382 e. The van der Waals surface area contributed by atoms with Gasteiger partial charge in [0.25, 0.3) is 22.9 Å². The number of nitrogens with one attached hydrogen (secondary N) is 5. The summed E-state index contributed by atoms with van der Waals surface area (Å²) in [6.07, 6.45) is 7.45. The van der Waals surface area contributed by atoms with Gasteiger partial charge in [-0.25, -0.2) is 0 Å². The van der Waals surface area contributed by atoms with Crippen LogP contribution in [-0.2, 0) is 30.9 Å². The molecule has 0 radical (unpaired) electrons. The summed E-state index contributed by atoms with van der Waals surface area (Å²) in [7, 11) is 6.30. The lowest BCUT2D eigenvalue weighted by molar-refractivity contribution is 0.0340. The minimum atomic E-state index is -0.231. The van der Waals surface area contributed by atoms with Gasteiger partial charge >= 0.3 is 0 Å². The summed E-state index contributed by atoms with van der Waals surface area (Å²) in [5.41, 5.74) is 16.8. The maximum atomic E-state index is 14.4.